The maximum Gasteiger partial charge on any atom is 0.260 e. The fourth-order valence-corrected chi connectivity index (χ4v) is 2.68. The first kappa shape index (κ1) is 14.4. The third-order valence-corrected chi connectivity index (χ3v) is 3.93. The van der Waals surface area contributed by atoms with E-state index in [1.54, 1.807) is 30.6 Å². The highest BCUT2D eigenvalue weighted by Crippen LogP contribution is 2.27. The lowest BCUT2D eigenvalue weighted by Crippen LogP contribution is -2.12. The summed E-state index contributed by atoms with van der Waals surface area (Å²) in [6.45, 7) is 0. The van der Waals surface area contributed by atoms with Gasteiger partial charge in [0.05, 0.1) is 28.0 Å². The van der Waals surface area contributed by atoms with E-state index in [-0.39, 0.29) is 5.91 Å². The number of benzene rings is 1. The molecule has 1 amide bonds. The van der Waals surface area contributed by atoms with E-state index in [9.17, 15) is 4.79 Å². The number of hydrogen-bond acceptors (Lipinski definition) is 4. The molecule has 118 valence electrons. The summed E-state index contributed by atoms with van der Waals surface area (Å²) in [5.74, 6) is 0.0896. The second-order valence-electron chi connectivity index (χ2n) is 5.09. The Hall–Kier alpha value is -3.19. The van der Waals surface area contributed by atoms with Gasteiger partial charge in [0.25, 0.3) is 5.91 Å². The molecule has 0 spiro atoms. The van der Waals surface area contributed by atoms with E-state index in [0.717, 1.165) is 10.9 Å². The van der Waals surface area contributed by atoms with Crippen LogP contribution in [-0.4, -0.2) is 31.3 Å². The van der Waals surface area contributed by atoms with Gasteiger partial charge >= 0.3 is 0 Å². The minimum absolute atomic E-state index is 0.323. The lowest BCUT2D eigenvalue weighted by atomic mass is 10.1. The smallest absolute Gasteiger partial charge is 0.260 e. The highest BCUT2D eigenvalue weighted by Gasteiger charge is 2.18. The van der Waals surface area contributed by atoms with Gasteiger partial charge in [-0.05, 0) is 24.3 Å². The van der Waals surface area contributed by atoms with E-state index in [4.69, 9.17) is 11.6 Å². The van der Waals surface area contributed by atoms with Gasteiger partial charge in [-0.2, -0.15) is 10.2 Å². The first-order valence-electron chi connectivity index (χ1n) is 7.12. The first-order valence-corrected chi connectivity index (χ1v) is 7.49. The van der Waals surface area contributed by atoms with Crippen LogP contribution in [0.5, 0.6) is 0 Å². The number of H-pyrrole nitrogens is 2. The minimum atomic E-state index is -0.323. The number of halogens is 1. The van der Waals surface area contributed by atoms with Gasteiger partial charge in [0.15, 0.2) is 5.82 Å². The average molecular weight is 339 g/mol. The number of pyridine rings is 1. The molecule has 3 heterocycles. The van der Waals surface area contributed by atoms with Crippen molar-refractivity contribution in [3.63, 3.8) is 0 Å². The molecule has 8 heteroatoms. The zero-order valence-electron chi connectivity index (χ0n) is 12.2. The van der Waals surface area contributed by atoms with Crippen LogP contribution in [0.25, 0.3) is 22.2 Å². The quantitative estimate of drug-likeness (QED) is 0.534. The van der Waals surface area contributed by atoms with Crippen molar-refractivity contribution in [3.05, 3.63) is 59.5 Å². The number of para-hydroxylation sites is 1. The van der Waals surface area contributed by atoms with Crippen LogP contribution in [0.4, 0.5) is 5.82 Å². The van der Waals surface area contributed by atoms with Crippen molar-refractivity contribution < 1.29 is 4.79 Å². The van der Waals surface area contributed by atoms with E-state index in [1.807, 2.05) is 12.1 Å². The molecule has 0 saturated heterocycles. The van der Waals surface area contributed by atoms with Gasteiger partial charge in [-0.1, -0.05) is 17.7 Å². The topological polar surface area (TPSA) is 99.4 Å². The molecule has 3 N–H and O–H groups in total. The Bertz CT molecular complexity index is 1020. The average Bonchev–Trinajstić information content (AvgIpc) is 3.24. The van der Waals surface area contributed by atoms with Crippen molar-refractivity contribution in [1.82, 2.24) is 25.4 Å². The molecule has 0 fully saturated rings. The van der Waals surface area contributed by atoms with Crippen LogP contribution in [0.1, 0.15) is 10.4 Å². The molecule has 3 aromatic heterocycles. The summed E-state index contributed by atoms with van der Waals surface area (Å²) in [4.78, 5) is 16.7. The van der Waals surface area contributed by atoms with Crippen LogP contribution in [0.15, 0.2) is 48.9 Å². The van der Waals surface area contributed by atoms with Gasteiger partial charge in [0, 0.05) is 23.3 Å². The van der Waals surface area contributed by atoms with Crippen molar-refractivity contribution in [2.24, 2.45) is 0 Å². The largest absolute Gasteiger partial charge is 0.304 e. The van der Waals surface area contributed by atoms with Gasteiger partial charge in [-0.3, -0.25) is 20.0 Å². The molecule has 4 aromatic rings. The zero-order chi connectivity index (χ0) is 16.5. The second-order valence-corrected chi connectivity index (χ2v) is 5.50. The molecule has 24 heavy (non-hydrogen) atoms. The number of nitrogens with one attached hydrogen (secondary N) is 3. The Kier molecular flexibility index (Phi) is 3.47. The number of rotatable bonds is 3. The van der Waals surface area contributed by atoms with Crippen molar-refractivity contribution in [2.75, 3.05) is 5.32 Å². The molecule has 7 nitrogen and oxygen atoms in total. The number of aromatic nitrogens is 5. The summed E-state index contributed by atoms with van der Waals surface area (Å²) in [7, 11) is 0. The summed E-state index contributed by atoms with van der Waals surface area (Å²) >= 11 is 6.11. The Balaban J connectivity index is 1.68. The fourth-order valence-electron chi connectivity index (χ4n) is 2.47. The molecule has 0 bridgehead atoms. The molecule has 0 saturated carbocycles. The van der Waals surface area contributed by atoms with Crippen molar-refractivity contribution >= 4 is 34.2 Å². The molecular weight excluding hydrogens is 328 g/mol. The maximum atomic E-state index is 12.6. The lowest BCUT2D eigenvalue weighted by molar-refractivity contribution is 0.102. The van der Waals surface area contributed by atoms with Crippen molar-refractivity contribution in [2.45, 2.75) is 0 Å². The molecule has 4 rings (SSSR count). The summed E-state index contributed by atoms with van der Waals surface area (Å²) in [5.41, 5.74) is 2.45. The molecule has 0 aliphatic carbocycles. The van der Waals surface area contributed by atoms with Crippen LogP contribution in [0, 0.1) is 0 Å². The van der Waals surface area contributed by atoms with Gasteiger partial charge in [-0.25, -0.2) is 0 Å². The first-order chi connectivity index (χ1) is 11.7. The summed E-state index contributed by atoms with van der Waals surface area (Å²) in [6.07, 6.45) is 4.80. The van der Waals surface area contributed by atoms with Crippen molar-refractivity contribution in [3.8, 4) is 11.3 Å². The van der Waals surface area contributed by atoms with E-state index in [2.05, 4.69) is 30.7 Å². The molecular formula is C16H11ClN6O. The maximum absolute atomic E-state index is 12.6. The van der Waals surface area contributed by atoms with E-state index >= 15 is 0 Å². The Labute approximate surface area is 141 Å². The van der Waals surface area contributed by atoms with Gasteiger partial charge in [0.1, 0.15) is 0 Å². The van der Waals surface area contributed by atoms with Gasteiger partial charge in [0.2, 0.25) is 0 Å². The minimum Gasteiger partial charge on any atom is -0.304 e. The highest BCUT2D eigenvalue weighted by atomic mass is 35.5. The molecule has 0 aliphatic rings. The van der Waals surface area contributed by atoms with E-state index in [0.29, 0.717) is 27.6 Å². The normalized spacial score (nSPS) is 10.9. The molecule has 0 radical (unpaired) electrons. The van der Waals surface area contributed by atoms with E-state index in [1.165, 1.54) is 6.20 Å². The molecule has 0 unspecified atom stereocenters. The fraction of sp³-hybridized carbons (Fsp3) is 0. The van der Waals surface area contributed by atoms with Crippen LogP contribution in [-0.2, 0) is 0 Å². The molecule has 1 aromatic carbocycles. The molecule has 0 aliphatic heterocycles. The highest BCUT2D eigenvalue weighted by molar-refractivity contribution is 6.35. The summed E-state index contributed by atoms with van der Waals surface area (Å²) < 4.78 is 0. The SMILES string of the molecule is O=C(Nc1n[nH]c2c(Cl)cccc12)c1cn[nH]c1-c1cccnc1. The monoisotopic (exact) mass is 338 g/mol. The molecule has 0 atom stereocenters. The summed E-state index contributed by atoms with van der Waals surface area (Å²) in [5, 5.41) is 17.8. The predicted octanol–water partition coefficient (Wildman–Crippen LogP) is 3.25. The van der Waals surface area contributed by atoms with Gasteiger partial charge < -0.3 is 5.32 Å². The van der Waals surface area contributed by atoms with E-state index < -0.39 is 0 Å². The number of amides is 1. The van der Waals surface area contributed by atoms with Crippen LogP contribution in [0.2, 0.25) is 5.02 Å². The number of anilines is 1. The number of carbonyl (C=O) groups is 1. The Morgan fingerprint density at radius 2 is 2.04 bits per heavy atom. The number of nitrogens with zero attached hydrogens (tertiary/aromatic N) is 3. The van der Waals surface area contributed by atoms with Crippen LogP contribution >= 0.6 is 11.6 Å². The third-order valence-electron chi connectivity index (χ3n) is 3.61. The lowest BCUT2D eigenvalue weighted by Gasteiger charge is -2.04. The van der Waals surface area contributed by atoms with Crippen molar-refractivity contribution in [1.29, 1.82) is 0 Å². The summed E-state index contributed by atoms with van der Waals surface area (Å²) in [6, 6.07) is 9.03. The standard InChI is InChI=1S/C16H11ClN6O/c17-12-5-1-4-10-14(12)22-23-15(10)20-16(24)11-8-19-21-13(11)9-3-2-6-18-7-9/h1-8H,(H,19,21)(H2,20,22,23,24). The van der Waals surface area contributed by atoms with Crippen LogP contribution in [0.3, 0.4) is 0 Å². The second kappa shape index (κ2) is 5.78. The predicted molar refractivity (Wildman–Crippen MR) is 90.9 cm³/mol. The Morgan fingerprint density at radius 1 is 1.12 bits per heavy atom. The number of aromatic amines is 2. The number of fused-ring (bicyclic) bond motifs is 1. The number of carbonyl (C=O) groups excluding carboxylic acids is 1. The Morgan fingerprint density at radius 3 is 2.88 bits per heavy atom. The van der Waals surface area contributed by atoms with Gasteiger partial charge in [-0.15, -0.1) is 0 Å². The number of hydrogen-bond donors (Lipinski definition) is 3. The third kappa shape index (κ3) is 2.40. The zero-order valence-corrected chi connectivity index (χ0v) is 13.0. The van der Waals surface area contributed by atoms with Crippen LogP contribution < -0.4 is 5.32 Å².